The van der Waals surface area contributed by atoms with Gasteiger partial charge in [-0.2, -0.15) is 5.10 Å². The fraction of sp³-hybridized carbons (Fsp3) is 0.467. The van der Waals surface area contributed by atoms with Gasteiger partial charge >= 0.3 is 0 Å². The van der Waals surface area contributed by atoms with Crippen LogP contribution in [-0.4, -0.2) is 20.8 Å². The third-order valence-electron chi connectivity index (χ3n) is 3.34. The van der Waals surface area contributed by atoms with Crippen molar-refractivity contribution < 1.29 is 0 Å². The minimum atomic E-state index is 0.732. The molecule has 1 aliphatic carbocycles. The highest BCUT2D eigenvalue weighted by Gasteiger charge is 2.20. The van der Waals surface area contributed by atoms with Gasteiger partial charge in [-0.3, -0.25) is 0 Å². The molecule has 2 aromatic heterocycles. The summed E-state index contributed by atoms with van der Waals surface area (Å²) in [6.45, 7) is 3.11. The lowest BCUT2D eigenvalue weighted by Gasteiger charge is -2.09. The van der Waals surface area contributed by atoms with Crippen molar-refractivity contribution in [1.82, 2.24) is 20.1 Å². The number of aryl methyl sites for hydroxylation is 1. The second-order valence-electron chi connectivity index (χ2n) is 5.18. The van der Waals surface area contributed by atoms with Gasteiger partial charge in [0.25, 0.3) is 0 Å². The van der Waals surface area contributed by atoms with E-state index in [-0.39, 0.29) is 0 Å². The lowest BCUT2D eigenvalue weighted by molar-refractivity contribution is 0.683. The zero-order valence-corrected chi connectivity index (χ0v) is 11.3. The molecule has 100 valence electrons. The van der Waals surface area contributed by atoms with Gasteiger partial charge in [0, 0.05) is 30.7 Å². The van der Waals surface area contributed by atoms with E-state index in [1.807, 2.05) is 16.9 Å². The number of hydrogen-bond donors (Lipinski definition) is 1. The van der Waals surface area contributed by atoms with Gasteiger partial charge in [-0.1, -0.05) is 13.3 Å². The van der Waals surface area contributed by atoms with Crippen molar-refractivity contribution in [3.05, 3.63) is 41.9 Å². The van der Waals surface area contributed by atoms with Crippen molar-refractivity contribution in [2.75, 3.05) is 0 Å². The van der Waals surface area contributed by atoms with E-state index in [4.69, 9.17) is 0 Å². The molecule has 1 saturated carbocycles. The van der Waals surface area contributed by atoms with Gasteiger partial charge in [0.15, 0.2) is 5.82 Å². The molecule has 2 aromatic rings. The van der Waals surface area contributed by atoms with Gasteiger partial charge in [-0.15, -0.1) is 0 Å². The van der Waals surface area contributed by atoms with E-state index in [2.05, 4.69) is 34.5 Å². The van der Waals surface area contributed by atoms with Gasteiger partial charge in [-0.05, 0) is 43.0 Å². The Labute approximate surface area is 113 Å². The van der Waals surface area contributed by atoms with E-state index >= 15 is 0 Å². The maximum Gasteiger partial charge on any atom is 0.153 e. The topological polar surface area (TPSA) is 42.7 Å². The minimum Gasteiger partial charge on any atom is -0.310 e. The molecule has 0 saturated heterocycles. The zero-order valence-electron chi connectivity index (χ0n) is 11.3. The number of nitrogens with one attached hydrogen (secondary N) is 1. The van der Waals surface area contributed by atoms with Crippen LogP contribution in [0.5, 0.6) is 0 Å². The first-order chi connectivity index (χ1) is 9.35. The Kier molecular flexibility index (Phi) is 3.60. The minimum absolute atomic E-state index is 0.732. The highest BCUT2D eigenvalue weighted by molar-refractivity contribution is 5.30. The third kappa shape index (κ3) is 3.20. The van der Waals surface area contributed by atoms with Crippen molar-refractivity contribution in [1.29, 1.82) is 0 Å². The quantitative estimate of drug-likeness (QED) is 0.863. The molecule has 0 aliphatic heterocycles. The van der Waals surface area contributed by atoms with Crippen LogP contribution in [0.1, 0.15) is 37.4 Å². The van der Waals surface area contributed by atoms with Crippen LogP contribution < -0.4 is 5.32 Å². The summed E-state index contributed by atoms with van der Waals surface area (Å²) in [5, 5.41) is 7.83. The monoisotopic (exact) mass is 256 g/mol. The van der Waals surface area contributed by atoms with Crippen LogP contribution in [0.15, 0.2) is 30.6 Å². The Balaban J connectivity index is 1.84. The van der Waals surface area contributed by atoms with E-state index in [0.717, 1.165) is 36.9 Å². The molecule has 4 nitrogen and oxygen atoms in total. The van der Waals surface area contributed by atoms with Gasteiger partial charge < -0.3 is 5.32 Å². The average Bonchev–Trinajstić information content (AvgIpc) is 3.08. The molecule has 4 heteroatoms. The first kappa shape index (κ1) is 12.4. The highest BCUT2D eigenvalue weighted by Crippen LogP contribution is 2.20. The van der Waals surface area contributed by atoms with Crippen molar-refractivity contribution in [2.24, 2.45) is 0 Å². The summed E-state index contributed by atoms with van der Waals surface area (Å²) in [5.41, 5.74) is 2.46. The number of hydrogen-bond acceptors (Lipinski definition) is 3. The molecule has 0 amide bonds. The molecule has 19 heavy (non-hydrogen) atoms. The van der Waals surface area contributed by atoms with E-state index in [0.29, 0.717) is 0 Å². The third-order valence-corrected chi connectivity index (χ3v) is 3.34. The summed E-state index contributed by atoms with van der Waals surface area (Å²) < 4.78 is 1.83. The van der Waals surface area contributed by atoms with Crippen LogP contribution in [0.2, 0.25) is 0 Å². The van der Waals surface area contributed by atoms with Gasteiger partial charge in [0.05, 0.1) is 0 Å². The Hall–Kier alpha value is -1.68. The molecule has 1 fully saturated rings. The summed E-state index contributed by atoms with van der Waals surface area (Å²) >= 11 is 0. The number of rotatable bonds is 6. The number of aromatic nitrogens is 3. The molecule has 0 aromatic carbocycles. The van der Waals surface area contributed by atoms with Gasteiger partial charge in [0.1, 0.15) is 0 Å². The molecule has 0 unspecified atom stereocenters. The predicted octanol–water partition coefficient (Wildman–Crippen LogP) is 2.47. The largest absolute Gasteiger partial charge is 0.310 e. The summed E-state index contributed by atoms with van der Waals surface area (Å²) in [7, 11) is 0. The summed E-state index contributed by atoms with van der Waals surface area (Å²) in [4.78, 5) is 4.68. The molecule has 1 aliphatic rings. The van der Waals surface area contributed by atoms with Gasteiger partial charge in [-0.25, -0.2) is 9.67 Å². The van der Waals surface area contributed by atoms with Crippen molar-refractivity contribution >= 4 is 0 Å². The smallest absolute Gasteiger partial charge is 0.153 e. The summed E-state index contributed by atoms with van der Waals surface area (Å²) in [5.74, 6) is 0.920. The molecule has 0 spiro atoms. The normalized spacial score (nSPS) is 14.8. The first-order valence-corrected chi connectivity index (χ1v) is 7.08. The molecule has 1 N–H and O–H groups in total. The molecular formula is C15H20N4. The Morgan fingerprint density at radius 2 is 2.26 bits per heavy atom. The maximum absolute atomic E-state index is 4.68. The fourth-order valence-electron chi connectivity index (χ4n) is 2.19. The summed E-state index contributed by atoms with van der Waals surface area (Å²) in [6.07, 6.45) is 8.50. The SMILES string of the molecule is CCCc1cc(CNC2CC2)cc(-n2cccn2)n1. The van der Waals surface area contributed by atoms with Crippen LogP contribution in [-0.2, 0) is 13.0 Å². The van der Waals surface area contributed by atoms with E-state index < -0.39 is 0 Å². The zero-order chi connectivity index (χ0) is 13.1. The number of pyridine rings is 1. The van der Waals surface area contributed by atoms with Crippen LogP contribution >= 0.6 is 0 Å². The van der Waals surface area contributed by atoms with Crippen LogP contribution in [0.4, 0.5) is 0 Å². The molecule has 0 bridgehead atoms. The lowest BCUT2D eigenvalue weighted by Crippen LogP contribution is -2.16. The van der Waals surface area contributed by atoms with Crippen molar-refractivity contribution in [3.8, 4) is 5.82 Å². The highest BCUT2D eigenvalue weighted by atomic mass is 15.3. The molecule has 0 atom stereocenters. The van der Waals surface area contributed by atoms with Crippen molar-refractivity contribution in [3.63, 3.8) is 0 Å². The van der Waals surface area contributed by atoms with Crippen molar-refractivity contribution in [2.45, 2.75) is 45.2 Å². The second kappa shape index (κ2) is 5.53. The molecular weight excluding hydrogens is 236 g/mol. The summed E-state index contributed by atoms with van der Waals surface area (Å²) in [6, 6.07) is 7.00. The second-order valence-corrected chi connectivity index (χ2v) is 5.18. The van der Waals surface area contributed by atoms with Gasteiger partial charge in [0.2, 0.25) is 0 Å². The fourth-order valence-corrected chi connectivity index (χ4v) is 2.19. The lowest BCUT2D eigenvalue weighted by atomic mass is 10.1. The van der Waals surface area contributed by atoms with E-state index in [9.17, 15) is 0 Å². The van der Waals surface area contributed by atoms with Crippen LogP contribution in [0, 0.1) is 0 Å². The number of nitrogens with zero attached hydrogens (tertiary/aromatic N) is 3. The molecule has 0 radical (unpaired) electrons. The predicted molar refractivity (Wildman–Crippen MR) is 75.2 cm³/mol. The Bertz CT molecular complexity index is 529. The average molecular weight is 256 g/mol. The molecule has 2 heterocycles. The van der Waals surface area contributed by atoms with Crippen LogP contribution in [0.3, 0.4) is 0 Å². The van der Waals surface area contributed by atoms with E-state index in [1.54, 1.807) is 6.20 Å². The molecule has 3 rings (SSSR count). The standard InChI is InChI=1S/C15H20N4/c1-2-4-14-9-12(11-16-13-5-6-13)10-15(18-14)19-8-3-7-17-19/h3,7-10,13,16H,2,4-6,11H2,1H3. The van der Waals surface area contributed by atoms with Crippen LogP contribution in [0.25, 0.3) is 5.82 Å². The van der Waals surface area contributed by atoms with E-state index in [1.165, 1.54) is 18.4 Å². The Morgan fingerprint density at radius 3 is 2.95 bits per heavy atom. The Morgan fingerprint density at radius 1 is 1.37 bits per heavy atom. The maximum atomic E-state index is 4.68. The first-order valence-electron chi connectivity index (χ1n) is 7.08.